The van der Waals surface area contributed by atoms with Crippen molar-refractivity contribution < 1.29 is 23.1 Å². The molecular formula is C21H21FN2O4. The van der Waals surface area contributed by atoms with Crippen LogP contribution < -0.4 is 20.5 Å². The molecular weight excluding hydrogens is 363 g/mol. The molecule has 0 unspecified atom stereocenters. The maximum atomic E-state index is 13.7. The molecule has 0 aliphatic rings. The van der Waals surface area contributed by atoms with Gasteiger partial charge in [0.25, 0.3) is 5.91 Å². The van der Waals surface area contributed by atoms with Crippen LogP contribution in [-0.2, 0) is 13.1 Å². The van der Waals surface area contributed by atoms with E-state index in [9.17, 15) is 9.18 Å². The summed E-state index contributed by atoms with van der Waals surface area (Å²) < 4.78 is 30.2. The zero-order valence-corrected chi connectivity index (χ0v) is 15.6. The Bertz CT molecular complexity index is 984. The van der Waals surface area contributed by atoms with Gasteiger partial charge in [-0.15, -0.1) is 0 Å². The predicted octanol–water partition coefficient (Wildman–Crippen LogP) is 3.92. The Morgan fingerprint density at radius 3 is 2.64 bits per heavy atom. The van der Waals surface area contributed by atoms with Gasteiger partial charge in [-0.25, -0.2) is 4.39 Å². The molecule has 0 bridgehead atoms. The molecule has 1 aromatic heterocycles. The van der Waals surface area contributed by atoms with E-state index in [0.29, 0.717) is 22.6 Å². The summed E-state index contributed by atoms with van der Waals surface area (Å²) in [5.41, 5.74) is 6.54. The minimum atomic E-state index is -0.459. The number of hydrogen-bond donors (Lipinski definition) is 2. The minimum absolute atomic E-state index is 0.181. The van der Waals surface area contributed by atoms with Crippen molar-refractivity contribution in [3.63, 3.8) is 0 Å². The fourth-order valence-electron chi connectivity index (χ4n) is 2.67. The number of methoxy groups -OCH3 is 1. The molecule has 0 saturated heterocycles. The van der Waals surface area contributed by atoms with E-state index in [2.05, 4.69) is 5.32 Å². The van der Waals surface area contributed by atoms with Crippen molar-refractivity contribution in [2.24, 2.45) is 5.73 Å². The number of amides is 1. The van der Waals surface area contributed by atoms with Crippen LogP contribution in [0.25, 0.3) is 0 Å². The molecule has 1 heterocycles. The van der Waals surface area contributed by atoms with Gasteiger partial charge >= 0.3 is 0 Å². The van der Waals surface area contributed by atoms with Gasteiger partial charge in [0.15, 0.2) is 11.5 Å². The SMILES string of the molecule is COc1ccc(C(=O)NCc2ccc(C)o2)cc1Oc1cc(F)cc(CN)c1. The fraction of sp³-hybridized carbons (Fsp3) is 0.190. The number of benzene rings is 2. The van der Waals surface area contributed by atoms with Gasteiger partial charge < -0.3 is 24.9 Å². The number of hydrogen-bond acceptors (Lipinski definition) is 5. The second-order valence-electron chi connectivity index (χ2n) is 6.16. The average Bonchev–Trinajstić information content (AvgIpc) is 3.10. The van der Waals surface area contributed by atoms with E-state index in [1.165, 1.54) is 25.3 Å². The molecule has 0 saturated carbocycles. The molecule has 0 aliphatic carbocycles. The quantitative estimate of drug-likeness (QED) is 0.645. The van der Waals surface area contributed by atoms with Crippen molar-refractivity contribution in [2.75, 3.05) is 7.11 Å². The van der Waals surface area contributed by atoms with E-state index < -0.39 is 5.82 Å². The van der Waals surface area contributed by atoms with E-state index in [1.807, 2.05) is 13.0 Å². The summed E-state index contributed by atoms with van der Waals surface area (Å²) in [4.78, 5) is 12.5. The van der Waals surface area contributed by atoms with Crippen LogP contribution in [0, 0.1) is 12.7 Å². The first-order valence-electron chi connectivity index (χ1n) is 8.67. The highest BCUT2D eigenvalue weighted by Gasteiger charge is 2.13. The molecule has 6 nitrogen and oxygen atoms in total. The van der Waals surface area contributed by atoms with Crippen molar-refractivity contribution >= 4 is 5.91 Å². The predicted molar refractivity (Wildman–Crippen MR) is 102 cm³/mol. The number of aryl methyl sites for hydroxylation is 1. The van der Waals surface area contributed by atoms with Gasteiger partial charge in [0.1, 0.15) is 23.1 Å². The first-order valence-corrected chi connectivity index (χ1v) is 8.67. The van der Waals surface area contributed by atoms with E-state index in [4.69, 9.17) is 19.6 Å². The van der Waals surface area contributed by atoms with Crippen molar-refractivity contribution in [3.05, 3.63) is 77.0 Å². The first-order chi connectivity index (χ1) is 13.5. The van der Waals surface area contributed by atoms with E-state index >= 15 is 0 Å². The highest BCUT2D eigenvalue weighted by atomic mass is 19.1. The third kappa shape index (κ3) is 4.69. The van der Waals surface area contributed by atoms with Gasteiger partial charge in [-0.3, -0.25) is 4.79 Å². The maximum absolute atomic E-state index is 13.7. The summed E-state index contributed by atoms with van der Waals surface area (Å²) in [5, 5.41) is 2.78. The van der Waals surface area contributed by atoms with Gasteiger partial charge in [0.2, 0.25) is 0 Å². The summed E-state index contributed by atoms with van der Waals surface area (Å²) in [6.07, 6.45) is 0. The Balaban J connectivity index is 1.79. The molecule has 2 aromatic carbocycles. The Hall–Kier alpha value is -3.32. The zero-order valence-electron chi connectivity index (χ0n) is 15.6. The van der Waals surface area contributed by atoms with Gasteiger partial charge in [-0.2, -0.15) is 0 Å². The lowest BCUT2D eigenvalue weighted by Gasteiger charge is -2.13. The molecule has 1 amide bonds. The number of nitrogens with two attached hydrogens (primary N) is 1. The molecule has 0 fully saturated rings. The Morgan fingerprint density at radius 1 is 1.14 bits per heavy atom. The third-order valence-electron chi connectivity index (χ3n) is 4.04. The van der Waals surface area contributed by atoms with Crippen molar-refractivity contribution in [3.8, 4) is 17.2 Å². The lowest BCUT2D eigenvalue weighted by atomic mass is 10.1. The molecule has 0 atom stereocenters. The van der Waals surface area contributed by atoms with Crippen LogP contribution in [0.15, 0.2) is 52.9 Å². The lowest BCUT2D eigenvalue weighted by Crippen LogP contribution is -2.22. The third-order valence-corrected chi connectivity index (χ3v) is 4.04. The zero-order chi connectivity index (χ0) is 20.1. The highest BCUT2D eigenvalue weighted by molar-refractivity contribution is 5.94. The topological polar surface area (TPSA) is 86.7 Å². The standard InChI is InChI=1S/C21H21FN2O4/c1-13-3-5-17(27-13)12-24-21(25)15-4-6-19(26-2)20(9-15)28-18-8-14(11-23)7-16(22)10-18/h3-10H,11-12,23H2,1-2H3,(H,24,25). The number of halogens is 1. The first kappa shape index (κ1) is 19.4. The Labute approximate surface area is 162 Å². The minimum Gasteiger partial charge on any atom is -0.493 e. The number of carbonyl (C=O) groups excluding carboxylic acids is 1. The molecule has 3 rings (SSSR count). The van der Waals surface area contributed by atoms with Crippen LogP contribution in [0.1, 0.15) is 27.4 Å². The fourth-order valence-corrected chi connectivity index (χ4v) is 2.67. The summed E-state index contributed by atoms with van der Waals surface area (Å²) in [6, 6.07) is 12.6. The molecule has 7 heteroatoms. The van der Waals surface area contributed by atoms with Crippen molar-refractivity contribution in [1.82, 2.24) is 5.32 Å². The summed E-state index contributed by atoms with van der Waals surface area (Å²) in [7, 11) is 1.48. The molecule has 0 radical (unpaired) electrons. The number of carbonyl (C=O) groups is 1. The number of ether oxygens (including phenoxy) is 2. The molecule has 3 N–H and O–H groups in total. The Kier molecular flexibility index (Phi) is 5.96. The number of nitrogens with one attached hydrogen (secondary N) is 1. The monoisotopic (exact) mass is 384 g/mol. The van der Waals surface area contributed by atoms with Crippen LogP contribution >= 0.6 is 0 Å². The molecule has 28 heavy (non-hydrogen) atoms. The Morgan fingerprint density at radius 2 is 1.96 bits per heavy atom. The second kappa shape index (κ2) is 8.58. The average molecular weight is 384 g/mol. The van der Waals surface area contributed by atoms with Crippen molar-refractivity contribution in [2.45, 2.75) is 20.0 Å². The summed E-state index contributed by atoms with van der Waals surface area (Å²) >= 11 is 0. The summed E-state index contributed by atoms with van der Waals surface area (Å²) in [5.74, 6) is 1.64. The van der Waals surface area contributed by atoms with Crippen LogP contribution in [0.2, 0.25) is 0 Å². The van der Waals surface area contributed by atoms with Crippen LogP contribution in [0.5, 0.6) is 17.2 Å². The smallest absolute Gasteiger partial charge is 0.251 e. The number of furan rings is 1. The van der Waals surface area contributed by atoms with Crippen LogP contribution in [-0.4, -0.2) is 13.0 Å². The largest absolute Gasteiger partial charge is 0.493 e. The van der Waals surface area contributed by atoms with Gasteiger partial charge in [0, 0.05) is 18.2 Å². The van der Waals surface area contributed by atoms with Crippen LogP contribution in [0.3, 0.4) is 0 Å². The highest BCUT2D eigenvalue weighted by Crippen LogP contribution is 2.33. The van der Waals surface area contributed by atoms with E-state index in [0.717, 1.165) is 5.76 Å². The van der Waals surface area contributed by atoms with E-state index in [1.54, 1.807) is 24.3 Å². The molecule has 3 aromatic rings. The van der Waals surface area contributed by atoms with Gasteiger partial charge in [0.05, 0.1) is 13.7 Å². The molecule has 0 spiro atoms. The summed E-state index contributed by atoms with van der Waals surface area (Å²) in [6.45, 7) is 2.28. The second-order valence-corrected chi connectivity index (χ2v) is 6.16. The number of rotatable bonds is 7. The van der Waals surface area contributed by atoms with E-state index in [-0.39, 0.29) is 30.5 Å². The van der Waals surface area contributed by atoms with Crippen LogP contribution in [0.4, 0.5) is 4.39 Å². The van der Waals surface area contributed by atoms with Gasteiger partial charge in [-0.05, 0) is 55.0 Å². The maximum Gasteiger partial charge on any atom is 0.251 e. The van der Waals surface area contributed by atoms with Crippen molar-refractivity contribution in [1.29, 1.82) is 0 Å². The molecule has 146 valence electrons. The molecule has 0 aliphatic heterocycles. The lowest BCUT2D eigenvalue weighted by molar-refractivity contribution is 0.0947. The van der Waals surface area contributed by atoms with Gasteiger partial charge in [-0.1, -0.05) is 0 Å². The normalized spacial score (nSPS) is 10.6.